The van der Waals surface area contributed by atoms with E-state index < -0.39 is 0 Å². The maximum atomic E-state index is 12.5. The predicted octanol–water partition coefficient (Wildman–Crippen LogP) is 2.86. The van der Waals surface area contributed by atoms with Crippen LogP contribution in [0.2, 0.25) is 0 Å². The highest BCUT2D eigenvalue weighted by molar-refractivity contribution is 5.97. The fraction of sp³-hybridized carbons (Fsp3) is 0.353. The minimum atomic E-state index is -0.177. The van der Waals surface area contributed by atoms with E-state index in [0.29, 0.717) is 24.2 Å². The summed E-state index contributed by atoms with van der Waals surface area (Å²) in [7, 11) is 0. The van der Waals surface area contributed by atoms with Crippen LogP contribution >= 0.6 is 0 Å². The molecule has 5 heteroatoms. The number of aryl methyl sites for hydroxylation is 1. The Labute approximate surface area is 128 Å². The molecule has 1 aliphatic heterocycles. The van der Waals surface area contributed by atoms with Crippen LogP contribution in [-0.4, -0.2) is 34.3 Å². The number of ketones is 1. The third kappa shape index (κ3) is 2.93. The first kappa shape index (κ1) is 14.5. The van der Waals surface area contributed by atoms with Crippen LogP contribution in [0.25, 0.3) is 0 Å². The monoisotopic (exact) mass is 298 g/mol. The second-order valence-electron chi connectivity index (χ2n) is 5.62. The molecule has 1 saturated heterocycles. The molecule has 3 rings (SSSR count). The molecule has 0 unspecified atom stereocenters. The molecule has 0 aliphatic carbocycles. The van der Waals surface area contributed by atoms with Crippen LogP contribution in [-0.2, 0) is 0 Å². The normalized spacial score (nSPS) is 17.7. The Morgan fingerprint density at radius 1 is 1.32 bits per heavy atom. The highest BCUT2D eigenvalue weighted by Crippen LogP contribution is 2.24. The Hall–Kier alpha value is -2.43. The molecule has 114 valence electrons. The highest BCUT2D eigenvalue weighted by Gasteiger charge is 2.32. The van der Waals surface area contributed by atoms with E-state index in [2.05, 4.69) is 5.16 Å². The summed E-state index contributed by atoms with van der Waals surface area (Å²) in [6, 6.07) is 10.8. The summed E-state index contributed by atoms with van der Waals surface area (Å²) in [5.74, 6) is 0.138. The molecule has 0 spiro atoms. The number of amides is 1. The van der Waals surface area contributed by atoms with Gasteiger partial charge < -0.3 is 9.42 Å². The number of hydrogen-bond acceptors (Lipinski definition) is 4. The summed E-state index contributed by atoms with van der Waals surface area (Å²) >= 11 is 0. The van der Waals surface area contributed by atoms with Gasteiger partial charge in [-0.3, -0.25) is 9.59 Å². The lowest BCUT2D eigenvalue weighted by Gasteiger charge is -2.23. The van der Waals surface area contributed by atoms with E-state index in [9.17, 15) is 9.59 Å². The summed E-state index contributed by atoms with van der Waals surface area (Å²) in [4.78, 5) is 26.5. The van der Waals surface area contributed by atoms with Gasteiger partial charge in [0.2, 0.25) is 5.76 Å². The van der Waals surface area contributed by atoms with Gasteiger partial charge in [0.05, 0.1) is 5.69 Å². The Morgan fingerprint density at radius 3 is 2.77 bits per heavy atom. The fourth-order valence-corrected chi connectivity index (χ4v) is 2.88. The number of carbonyl (C=O) groups excluding carboxylic acids is 2. The summed E-state index contributed by atoms with van der Waals surface area (Å²) < 4.78 is 5.05. The molecular formula is C17H18N2O3. The van der Waals surface area contributed by atoms with E-state index >= 15 is 0 Å². The zero-order valence-corrected chi connectivity index (χ0v) is 12.5. The van der Waals surface area contributed by atoms with Gasteiger partial charge in [-0.25, -0.2) is 0 Å². The van der Waals surface area contributed by atoms with E-state index in [-0.39, 0.29) is 23.5 Å². The molecule has 2 aromatic rings. The van der Waals surface area contributed by atoms with Crippen LogP contribution in [0.1, 0.15) is 45.9 Å². The Balaban J connectivity index is 1.71. The predicted molar refractivity (Wildman–Crippen MR) is 80.7 cm³/mol. The Kier molecular flexibility index (Phi) is 4.04. The van der Waals surface area contributed by atoms with Gasteiger partial charge in [0, 0.05) is 30.6 Å². The van der Waals surface area contributed by atoms with Crippen LogP contribution in [0.5, 0.6) is 0 Å². The lowest BCUT2D eigenvalue weighted by Crippen LogP contribution is -2.36. The van der Waals surface area contributed by atoms with Crippen molar-refractivity contribution in [3.8, 4) is 0 Å². The highest BCUT2D eigenvalue weighted by atomic mass is 16.5. The smallest absolute Gasteiger partial charge is 0.292 e. The van der Waals surface area contributed by atoms with Gasteiger partial charge in [0.1, 0.15) is 0 Å². The Bertz CT molecular complexity index is 678. The Morgan fingerprint density at radius 2 is 2.09 bits per heavy atom. The van der Waals surface area contributed by atoms with Gasteiger partial charge in [-0.05, 0) is 19.8 Å². The van der Waals surface area contributed by atoms with Gasteiger partial charge in [-0.1, -0.05) is 35.5 Å². The van der Waals surface area contributed by atoms with Gasteiger partial charge in [-0.15, -0.1) is 0 Å². The number of benzene rings is 1. The molecule has 2 heterocycles. The molecule has 0 N–H and O–H groups in total. The molecule has 0 saturated carbocycles. The zero-order valence-electron chi connectivity index (χ0n) is 12.5. The molecule has 22 heavy (non-hydrogen) atoms. The first-order chi connectivity index (χ1) is 10.6. The quantitative estimate of drug-likeness (QED) is 0.814. The number of nitrogens with zero attached hydrogens (tertiary/aromatic N) is 2. The van der Waals surface area contributed by atoms with Crippen molar-refractivity contribution in [2.45, 2.75) is 32.2 Å². The van der Waals surface area contributed by atoms with Crippen molar-refractivity contribution in [2.24, 2.45) is 0 Å². The lowest BCUT2D eigenvalue weighted by atomic mass is 10.0. The minimum absolute atomic E-state index is 0.0642. The number of Topliss-reactive ketones (excluding diaryl/α,β-unsaturated/α-hetero) is 1. The lowest BCUT2D eigenvalue weighted by molar-refractivity contribution is 0.0677. The van der Waals surface area contributed by atoms with Crippen molar-refractivity contribution < 1.29 is 14.1 Å². The largest absolute Gasteiger partial charge is 0.351 e. The van der Waals surface area contributed by atoms with Gasteiger partial charge >= 0.3 is 0 Å². The molecule has 1 aliphatic rings. The topological polar surface area (TPSA) is 63.4 Å². The molecule has 1 fully saturated rings. The van der Waals surface area contributed by atoms with E-state index in [1.165, 1.54) is 0 Å². The van der Waals surface area contributed by atoms with Crippen LogP contribution in [0.3, 0.4) is 0 Å². The van der Waals surface area contributed by atoms with Crippen LogP contribution in [0, 0.1) is 6.92 Å². The SMILES string of the molecule is Cc1cc(C(=O)N2CCC[C@@H]2CC(=O)c2ccccc2)on1. The molecule has 1 atom stereocenters. The fourth-order valence-electron chi connectivity index (χ4n) is 2.88. The maximum absolute atomic E-state index is 12.5. The summed E-state index contributed by atoms with van der Waals surface area (Å²) in [6.07, 6.45) is 2.10. The van der Waals surface area contributed by atoms with E-state index in [1.807, 2.05) is 30.3 Å². The standard InChI is InChI=1S/C17H18N2O3/c1-12-10-16(22-18-12)17(21)19-9-5-8-14(19)11-15(20)13-6-3-2-4-7-13/h2-4,6-7,10,14H,5,8-9,11H2,1H3/t14-/m1/s1. The van der Waals surface area contributed by atoms with Crippen molar-refractivity contribution in [2.75, 3.05) is 6.54 Å². The number of carbonyl (C=O) groups is 2. The average Bonchev–Trinajstić information content (AvgIpc) is 3.16. The first-order valence-corrected chi connectivity index (χ1v) is 7.47. The second-order valence-corrected chi connectivity index (χ2v) is 5.62. The number of aromatic nitrogens is 1. The van der Waals surface area contributed by atoms with Crippen molar-refractivity contribution >= 4 is 11.7 Å². The zero-order chi connectivity index (χ0) is 15.5. The van der Waals surface area contributed by atoms with Crippen LogP contribution in [0.4, 0.5) is 0 Å². The third-order valence-electron chi connectivity index (χ3n) is 3.99. The third-order valence-corrected chi connectivity index (χ3v) is 3.99. The maximum Gasteiger partial charge on any atom is 0.292 e. The number of hydrogen-bond donors (Lipinski definition) is 0. The summed E-state index contributed by atoms with van der Waals surface area (Å²) in [5.41, 5.74) is 1.37. The summed E-state index contributed by atoms with van der Waals surface area (Å²) in [6.45, 7) is 2.44. The molecule has 5 nitrogen and oxygen atoms in total. The molecule has 1 aromatic carbocycles. The number of rotatable bonds is 4. The number of likely N-dealkylation sites (tertiary alicyclic amines) is 1. The average molecular weight is 298 g/mol. The van der Waals surface area contributed by atoms with E-state index in [0.717, 1.165) is 12.8 Å². The molecule has 1 amide bonds. The molecule has 0 bridgehead atoms. The van der Waals surface area contributed by atoms with E-state index in [1.54, 1.807) is 17.9 Å². The van der Waals surface area contributed by atoms with Crippen LogP contribution < -0.4 is 0 Å². The summed E-state index contributed by atoms with van der Waals surface area (Å²) in [5, 5.41) is 3.75. The van der Waals surface area contributed by atoms with Crippen molar-refractivity contribution in [1.82, 2.24) is 10.1 Å². The van der Waals surface area contributed by atoms with Gasteiger partial charge in [0.15, 0.2) is 5.78 Å². The van der Waals surface area contributed by atoms with E-state index in [4.69, 9.17) is 4.52 Å². The van der Waals surface area contributed by atoms with Crippen molar-refractivity contribution in [3.63, 3.8) is 0 Å². The second kappa shape index (κ2) is 6.13. The molecular weight excluding hydrogens is 280 g/mol. The van der Waals surface area contributed by atoms with Gasteiger partial charge in [-0.2, -0.15) is 0 Å². The van der Waals surface area contributed by atoms with Crippen molar-refractivity contribution in [1.29, 1.82) is 0 Å². The van der Waals surface area contributed by atoms with Gasteiger partial charge in [0.25, 0.3) is 5.91 Å². The van der Waals surface area contributed by atoms with Crippen molar-refractivity contribution in [3.05, 3.63) is 53.4 Å². The molecule has 0 radical (unpaired) electrons. The molecule has 1 aromatic heterocycles. The first-order valence-electron chi connectivity index (χ1n) is 7.47. The minimum Gasteiger partial charge on any atom is -0.351 e. The van der Waals surface area contributed by atoms with Crippen LogP contribution in [0.15, 0.2) is 40.9 Å².